The molecule has 106 valence electrons. The van der Waals surface area contributed by atoms with Gasteiger partial charge in [0.25, 0.3) is 0 Å². The van der Waals surface area contributed by atoms with E-state index >= 15 is 0 Å². The number of hydrogen-bond donors (Lipinski definition) is 1. The summed E-state index contributed by atoms with van der Waals surface area (Å²) in [5, 5.41) is 10.9. The van der Waals surface area contributed by atoms with Gasteiger partial charge in [0.15, 0.2) is 0 Å². The van der Waals surface area contributed by atoms with Crippen molar-refractivity contribution in [3.05, 3.63) is 62.0 Å². The van der Waals surface area contributed by atoms with Crippen LogP contribution in [0, 0.1) is 0 Å². The van der Waals surface area contributed by atoms with Crippen molar-refractivity contribution in [3.63, 3.8) is 0 Å². The molecule has 1 atom stereocenters. The summed E-state index contributed by atoms with van der Waals surface area (Å²) in [6.07, 6.45) is -0.608. The lowest BCUT2D eigenvalue weighted by atomic mass is 10.1. The maximum Gasteiger partial charge on any atom is 0.125 e. The molecular weight excluding hydrogens is 363 g/mol. The first kappa shape index (κ1) is 15.6. The summed E-state index contributed by atoms with van der Waals surface area (Å²) in [6.45, 7) is 2.02. The van der Waals surface area contributed by atoms with Crippen molar-refractivity contribution in [2.45, 2.75) is 19.6 Å². The normalized spacial score (nSPS) is 12.2. The molecule has 0 aromatic heterocycles. The molecule has 2 nitrogen and oxygen atoms in total. The van der Waals surface area contributed by atoms with E-state index in [-0.39, 0.29) is 0 Å². The van der Waals surface area contributed by atoms with Gasteiger partial charge in [-0.2, -0.15) is 0 Å². The van der Waals surface area contributed by atoms with Crippen molar-refractivity contribution >= 4 is 39.1 Å². The first-order valence-electron chi connectivity index (χ1n) is 6.01. The van der Waals surface area contributed by atoms with Crippen molar-refractivity contribution < 1.29 is 9.84 Å². The molecule has 0 aliphatic carbocycles. The minimum atomic E-state index is -0.608. The number of aliphatic hydroxyl groups is 1. The second-order valence-electron chi connectivity index (χ2n) is 4.38. The Balaban J connectivity index is 2.18. The molecule has 0 aliphatic heterocycles. The van der Waals surface area contributed by atoms with E-state index < -0.39 is 6.10 Å². The highest BCUT2D eigenvalue weighted by molar-refractivity contribution is 9.10. The average Bonchev–Trinajstić information content (AvgIpc) is 2.38. The number of benzene rings is 2. The van der Waals surface area contributed by atoms with Crippen LogP contribution in [0.4, 0.5) is 0 Å². The summed E-state index contributed by atoms with van der Waals surface area (Å²) in [4.78, 5) is 0. The van der Waals surface area contributed by atoms with Crippen LogP contribution in [0.25, 0.3) is 0 Å². The van der Waals surface area contributed by atoms with Gasteiger partial charge in [0.2, 0.25) is 0 Å². The molecule has 5 heteroatoms. The third kappa shape index (κ3) is 3.89. The molecule has 0 amide bonds. The van der Waals surface area contributed by atoms with Crippen LogP contribution in [-0.2, 0) is 6.61 Å². The fraction of sp³-hybridized carbons (Fsp3) is 0.200. The molecule has 1 N–H and O–H groups in total. The highest BCUT2D eigenvalue weighted by atomic mass is 79.9. The standard InChI is InChI=1S/C15H13BrCl2O2/c1-9(19)13-6-11(16)3-5-15(13)20-8-10-2-4-12(17)7-14(10)18/h2-7,9,19H,8H2,1H3. The van der Waals surface area contributed by atoms with Crippen LogP contribution in [0.2, 0.25) is 10.0 Å². The second kappa shape index (κ2) is 6.81. The van der Waals surface area contributed by atoms with Gasteiger partial charge in [0, 0.05) is 25.6 Å². The molecule has 0 saturated heterocycles. The Morgan fingerprint density at radius 3 is 2.60 bits per heavy atom. The SMILES string of the molecule is CC(O)c1cc(Br)ccc1OCc1ccc(Cl)cc1Cl. The Labute approximate surface area is 136 Å². The highest BCUT2D eigenvalue weighted by Gasteiger charge is 2.11. The fourth-order valence-electron chi connectivity index (χ4n) is 1.77. The molecule has 0 fully saturated rings. The van der Waals surface area contributed by atoms with Crippen molar-refractivity contribution in [2.75, 3.05) is 0 Å². The van der Waals surface area contributed by atoms with Crippen LogP contribution in [0.3, 0.4) is 0 Å². The first-order chi connectivity index (χ1) is 9.47. The number of ether oxygens (including phenoxy) is 1. The van der Waals surface area contributed by atoms with Crippen molar-refractivity contribution in [2.24, 2.45) is 0 Å². The van der Waals surface area contributed by atoms with Gasteiger partial charge in [-0.05, 0) is 37.3 Å². The van der Waals surface area contributed by atoms with Crippen molar-refractivity contribution in [1.29, 1.82) is 0 Å². The van der Waals surface area contributed by atoms with Gasteiger partial charge >= 0.3 is 0 Å². The maximum absolute atomic E-state index is 9.77. The highest BCUT2D eigenvalue weighted by Crippen LogP contribution is 2.30. The first-order valence-corrected chi connectivity index (χ1v) is 7.56. The van der Waals surface area contributed by atoms with E-state index in [1.54, 1.807) is 19.1 Å². The summed E-state index contributed by atoms with van der Waals surface area (Å²) in [5.74, 6) is 0.634. The second-order valence-corrected chi connectivity index (χ2v) is 6.14. The summed E-state index contributed by atoms with van der Waals surface area (Å²) >= 11 is 15.3. The quantitative estimate of drug-likeness (QED) is 0.776. The lowest BCUT2D eigenvalue weighted by Crippen LogP contribution is -2.01. The molecule has 2 aromatic rings. The Morgan fingerprint density at radius 2 is 1.95 bits per heavy atom. The molecule has 0 radical (unpaired) electrons. The van der Waals surface area contributed by atoms with Crippen molar-refractivity contribution in [3.8, 4) is 5.75 Å². The van der Waals surface area contributed by atoms with E-state index in [9.17, 15) is 5.11 Å². The third-order valence-electron chi connectivity index (χ3n) is 2.82. The van der Waals surface area contributed by atoms with E-state index in [1.807, 2.05) is 24.3 Å². The Bertz CT molecular complexity index is 615. The van der Waals surface area contributed by atoms with Gasteiger partial charge in [0.1, 0.15) is 12.4 Å². The van der Waals surface area contributed by atoms with Gasteiger partial charge in [-0.3, -0.25) is 0 Å². The molecule has 20 heavy (non-hydrogen) atoms. The van der Waals surface area contributed by atoms with Gasteiger partial charge in [-0.1, -0.05) is 45.2 Å². The topological polar surface area (TPSA) is 29.5 Å². The zero-order valence-electron chi connectivity index (χ0n) is 10.7. The molecule has 2 aromatic carbocycles. The number of aliphatic hydroxyl groups excluding tert-OH is 1. The predicted molar refractivity (Wildman–Crippen MR) is 85.6 cm³/mol. The third-order valence-corrected chi connectivity index (χ3v) is 3.90. The predicted octanol–water partition coefficient (Wildman–Crippen LogP) is 5.39. The van der Waals surface area contributed by atoms with Gasteiger partial charge in [-0.15, -0.1) is 0 Å². The monoisotopic (exact) mass is 374 g/mol. The van der Waals surface area contributed by atoms with Crippen LogP contribution in [0.5, 0.6) is 5.75 Å². The van der Waals surface area contributed by atoms with E-state index in [1.165, 1.54) is 0 Å². The van der Waals surface area contributed by atoms with Crippen LogP contribution in [0.1, 0.15) is 24.2 Å². The molecule has 2 rings (SSSR count). The van der Waals surface area contributed by atoms with E-state index in [0.29, 0.717) is 22.4 Å². The molecule has 1 unspecified atom stereocenters. The number of rotatable bonds is 4. The van der Waals surface area contributed by atoms with E-state index in [2.05, 4.69) is 15.9 Å². The van der Waals surface area contributed by atoms with E-state index in [4.69, 9.17) is 27.9 Å². The molecular formula is C15H13BrCl2O2. The summed E-state index contributed by atoms with van der Waals surface area (Å²) in [6, 6.07) is 10.8. The van der Waals surface area contributed by atoms with Crippen LogP contribution < -0.4 is 4.74 Å². The number of hydrogen-bond acceptors (Lipinski definition) is 2. The van der Waals surface area contributed by atoms with Crippen LogP contribution in [-0.4, -0.2) is 5.11 Å². The Morgan fingerprint density at radius 1 is 1.20 bits per heavy atom. The minimum absolute atomic E-state index is 0.317. The maximum atomic E-state index is 9.77. The summed E-state index contributed by atoms with van der Waals surface area (Å²) in [5.41, 5.74) is 1.57. The largest absolute Gasteiger partial charge is 0.488 e. The van der Waals surface area contributed by atoms with Gasteiger partial charge in [0.05, 0.1) is 6.10 Å². The van der Waals surface area contributed by atoms with Gasteiger partial charge < -0.3 is 9.84 Å². The summed E-state index contributed by atoms with van der Waals surface area (Å²) in [7, 11) is 0. The molecule has 0 heterocycles. The van der Waals surface area contributed by atoms with E-state index in [0.717, 1.165) is 15.6 Å². The lowest BCUT2D eigenvalue weighted by Gasteiger charge is -2.14. The zero-order chi connectivity index (χ0) is 14.7. The van der Waals surface area contributed by atoms with Crippen molar-refractivity contribution in [1.82, 2.24) is 0 Å². The Hall–Kier alpha value is -0.740. The fourth-order valence-corrected chi connectivity index (χ4v) is 2.61. The molecule has 0 saturated carbocycles. The van der Waals surface area contributed by atoms with Crippen LogP contribution >= 0.6 is 39.1 Å². The lowest BCUT2D eigenvalue weighted by molar-refractivity contribution is 0.190. The molecule has 0 bridgehead atoms. The molecule has 0 spiro atoms. The van der Waals surface area contributed by atoms with Crippen LogP contribution in [0.15, 0.2) is 40.9 Å². The average molecular weight is 376 g/mol. The molecule has 0 aliphatic rings. The summed E-state index contributed by atoms with van der Waals surface area (Å²) < 4.78 is 6.65. The Kier molecular flexibility index (Phi) is 5.33. The minimum Gasteiger partial charge on any atom is -0.488 e. The van der Waals surface area contributed by atoms with Gasteiger partial charge in [-0.25, -0.2) is 0 Å². The zero-order valence-corrected chi connectivity index (χ0v) is 13.8. The smallest absolute Gasteiger partial charge is 0.125 e. The number of halogens is 3.